The molecule has 2 aliphatic heterocycles. The predicted octanol–water partition coefficient (Wildman–Crippen LogP) is 3.15. The van der Waals surface area contributed by atoms with Gasteiger partial charge in [-0.25, -0.2) is 14.4 Å². The van der Waals surface area contributed by atoms with Crippen molar-refractivity contribution in [2.24, 2.45) is 4.99 Å². The Morgan fingerprint density at radius 2 is 1.90 bits per heavy atom. The maximum absolute atomic E-state index is 14.0. The molecule has 0 amide bonds. The van der Waals surface area contributed by atoms with Crippen LogP contribution in [0.4, 0.5) is 10.2 Å². The lowest BCUT2D eigenvalue weighted by Crippen LogP contribution is -2.44. The smallest absolute Gasteiger partial charge is 0.191 e. The second-order valence-electron chi connectivity index (χ2n) is 8.38. The summed E-state index contributed by atoms with van der Waals surface area (Å²) in [6.45, 7) is 8.46. The summed E-state index contributed by atoms with van der Waals surface area (Å²) in [4.78, 5) is 13.5. The van der Waals surface area contributed by atoms with Gasteiger partial charge in [0.2, 0.25) is 0 Å². The normalized spacial score (nSPS) is 19.7. The van der Waals surface area contributed by atoms with E-state index in [0.29, 0.717) is 18.9 Å². The monoisotopic (exact) mass is 424 g/mol. The molecule has 1 unspecified atom stereocenters. The van der Waals surface area contributed by atoms with E-state index in [1.807, 2.05) is 4.90 Å². The summed E-state index contributed by atoms with van der Waals surface area (Å²) in [5.41, 5.74) is 2.57. The highest BCUT2D eigenvalue weighted by molar-refractivity contribution is 5.80. The molecule has 0 spiro atoms. The first kappa shape index (κ1) is 21.6. The van der Waals surface area contributed by atoms with E-state index >= 15 is 0 Å². The number of aliphatic imine (C=N–C) groups is 1. The number of pyridine rings is 1. The zero-order valence-corrected chi connectivity index (χ0v) is 18.4. The molecule has 6 nitrogen and oxygen atoms in total. The summed E-state index contributed by atoms with van der Waals surface area (Å²) in [7, 11) is 0. The molecule has 2 aromatic rings. The van der Waals surface area contributed by atoms with Gasteiger partial charge in [0.25, 0.3) is 0 Å². The van der Waals surface area contributed by atoms with Crippen molar-refractivity contribution in [3.05, 3.63) is 59.5 Å². The van der Waals surface area contributed by atoms with Crippen LogP contribution in [0.1, 0.15) is 37.3 Å². The molecular formula is C24H33FN6. The van der Waals surface area contributed by atoms with Gasteiger partial charge in [0.05, 0.1) is 6.54 Å². The Bertz CT molecular complexity index is 863. The predicted molar refractivity (Wildman–Crippen MR) is 124 cm³/mol. The van der Waals surface area contributed by atoms with Crippen molar-refractivity contribution in [2.45, 2.75) is 45.3 Å². The third-order valence-corrected chi connectivity index (χ3v) is 5.96. The molecule has 2 saturated heterocycles. The summed E-state index contributed by atoms with van der Waals surface area (Å²) in [6, 6.07) is 12.1. The first-order valence-electron chi connectivity index (χ1n) is 11.4. The van der Waals surface area contributed by atoms with Crippen molar-refractivity contribution in [3.63, 3.8) is 0 Å². The fourth-order valence-electron chi connectivity index (χ4n) is 4.31. The molecule has 31 heavy (non-hydrogen) atoms. The third-order valence-electron chi connectivity index (χ3n) is 5.96. The number of nitrogens with one attached hydrogen (secondary N) is 2. The van der Waals surface area contributed by atoms with E-state index in [0.717, 1.165) is 32.0 Å². The number of halogens is 1. The molecule has 3 heterocycles. The lowest BCUT2D eigenvalue weighted by molar-refractivity contribution is 0.331. The van der Waals surface area contributed by atoms with Gasteiger partial charge in [-0.2, -0.15) is 0 Å². The topological polar surface area (TPSA) is 55.8 Å². The van der Waals surface area contributed by atoms with Crippen LogP contribution in [-0.4, -0.2) is 54.6 Å². The first-order chi connectivity index (χ1) is 15.2. The largest absolute Gasteiger partial charge is 0.357 e. The number of aromatic nitrogens is 1. The molecule has 0 radical (unpaired) electrons. The van der Waals surface area contributed by atoms with E-state index < -0.39 is 0 Å². The van der Waals surface area contributed by atoms with Gasteiger partial charge in [0, 0.05) is 38.4 Å². The minimum absolute atomic E-state index is 0.210. The molecular weight excluding hydrogens is 391 g/mol. The van der Waals surface area contributed by atoms with Gasteiger partial charge in [0.15, 0.2) is 17.6 Å². The van der Waals surface area contributed by atoms with Gasteiger partial charge in [-0.05, 0) is 62.5 Å². The standard InChI is InChI=1S/C24H33FN6/c1-2-26-24(29-21-11-15-31(18-21)23-22(25)6-5-12-27-23)28-16-19-7-9-20(10-8-19)17-30-13-3-4-14-30/h5-10,12,21H,2-4,11,13-18H2,1H3,(H2,26,28,29). The summed E-state index contributed by atoms with van der Waals surface area (Å²) in [6.07, 6.45) is 5.21. The van der Waals surface area contributed by atoms with Crippen LogP contribution in [0.2, 0.25) is 0 Å². The Hall–Kier alpha value is -2.67. The average Bonchev–Trinajstić information content (AvgIpc) is 3.46. The van der Waals surface area contributed by atoms with Gasteiger partial charge >= 0.3 is 0 Å². The van der Waals surface area contributed by atoms with Crippen LogP contribution in [0.5, 0.6) is 0 Å². The van der Waals surface area contributed by atoms with E-state index in [1.54, 1.807) is 12.3 Å². The quantitative estimate of drug-likeness (QED) is 0.528. The molecule has 2 aliphatic rings. The molecule has 1 aromatic carbocycles. The highest BCUT2D eigenvalue weighted by Gasteiger charge is 2.25. The number of rotatable bonds is 7. The zero-order chi connectivity index (χ0) is 21.5. The van der Waals surface area contributed by atoms with Crippen molar-refractivity contribution >= 4 is 11.8 Å². The van der Waals surface area contributed by atoms with E-state index in [2.05, 4.69) is 51.7 Å². The number of nitrogens with zero attached hydrogens (tertiary/aromatic N) is 4. The molecule has 2 N–H and O–H groups in total. The van der Waals surface area contributed by atoms with E-state index in [4.69, 9.17) is 4.99 Å². The number of hydrogen-bond acceptors (Lipinski definition) is 4. The molecule has 0 saturated carbocycles. The number of benzene rings is 1. The number of guanidine groups is 1. The van der Waals surface area contributed by atoms with Crippen LogP contribution in [0.3, 0.4) is 0 Å². The minimum atomic E-state index is -0.267. The Morgan fingerprint density at radius 3 is 2.65 bits per heavy atom. The van der Waals surface area contributed by atoms with Crippen molar-refractivity contribution in [3.8, 4) is 0 Å². The Balaban J connectivity index is 1.31. The maximum atomic E-state index is 14.0. The number of hydrogen-bond donors (Lipinski definition) is 2. The fourth-order valence-corrected chi connectivity index (χ4v) is 4.31. The molecule has 1 aromatic heterocycles. The van der Waals surface area contributed by atoms with Gasteiger partial charge in [-0.15, -0.1) is 0 Å². The minimum Gasteiger partial charge on any atom is -0.357 e. The molecule has 0 bridgehead atoms. The Morgan fingerprint density at radius 1 is 1.13 bits per heavy atom. The lowest BCUT2D eigenvalue weighted by Gasteiger charge is -2.20. The fraction of sp³-hybridized carbons (Fsp3) is 0.500. The van der Waals surface area contributed by atoms with Crippen LogP contribution in [0.15, 0.2) is 47.6 Å². The van der Waals surface area contributed by atoms with Crippen molar-refractivity contribution in [2.75, 3.05) is 37.6 Å². The summed E-state index contributed by atoms with van der Waals surface area (Å²) in [5, 5.41) is 6.84. The average molecular weight is 425 g/mol. The van der Waals surface area contributed by atoms with E-state index in [-0.39, 0.29) is 11.9 Å². The molecule has 7 heteroatoms. The summed E-state index contributed by atoms with van der Waals surface area (Å²) >= 11 is 0. The third kappa shape index (κ3) is 5.94. The van der Waals surface area contributed by atoms with E-state index in [9.17, 15) is 4.39 Å². The van der Waals surface area contributed by atoms with E-state index in [1.165, 1.54) is 43.1 Å². The SMILES string of the molecule is CCNC(=NCc1ccc(CN2CCCC2)cc1)NC1CCN(c2ncccc2F)C1. The Kier molecular flexibility index (Phi) is 7.35. The van der Waals surface area contributed by atoms with Gasteiger partial charge < -0.3 is 15.5 Å². The maximum Gasteiger partial charge on any atom is 0.191 e. The molecule has 1 atom stereocenters. The molecule has 0 aliphatic carbocycles. The highest BCUT2D eigenvalue weighted by Crippen LogP contribution is 2.20. The zero-order valence-electron chi connectivity index (χ0n) is 18.4. The lowest BCUT2D eigenvalue weighted by atomic mass is 10.1. The Labute approximate surface area is 184 Å². The molecule has 4 rings (SSSR count). The van der Waals surface area contributed by atoms with Crippen molar-refractivity contribution in [1.29, 1.82) is 0 Å². The first-order valence-corrected chi connectivity index (χ1v) is 11.4. The van der Waals surface area contributed by atoms with Crippen LogP contribution in [0, 0.1) is 5.82 Å². The van der Waals surface area contributed by atoms with Crippen LogP contribution < -0.4 is 15.5 Å². The second kappa shape index (κ2) is 10.6. The molecule has 166 valence electrons. The summed E-state index contributed by atoms with van der Waals surface area (Å²) in [5.74, 6) is 0.969. The van der Waals surface area contributed by atoms with Crippen LogP contribution in [-0.2, 0) is 13.1 Å². The van der Waals surface area contributed by atoms with Crippen molar-refractivity contribution < 1.29 is 4.39 Å². The highest BCUT2D eigenvalue weighted by atomic mass is 19.1. The summed E-state index contributed by atoms with van der Waals surface area (Å²) < 4.78 is 14.0. The van der Waals surface area contributed by atoms with Crippen LogP contribution >= 0.6 is 0 Å². The number of anilines is 1. The van der Waals surface area contributed by atoms with Gasteiger partial charge in [0.1, 0.15) is 0 Å². The second-order valence-corrected chi connectivity index (χ2v) is 8.38. The number of likely N-dealkylation sites (tertiary alicyclic amines) is 1. The van der Waals surface area contributed by atoms with Gasteiger partial charge in [-0.1, -0.05) is 24.3 Å². The molecule has 2 fully saturated rings. The van der Waals surface area contributed by atoms with Gasteiger partial charge in [-0.3, -0.25) is 4.90 Å². The van der Waals surface area contributed by atoms with Crippen LogP contribution in [0.25, 0.3) is 0 Å². The van der Waals surface area contributed by atoms with Crippen molar-refractivity contribution in [1.82, 2.24) is 20.5 Å².